The van der Waals surface area contributed by atoms with Gasteiger partial charge in [0.15, 0.2) is 0 Å². The highest BCUT2D eigenvalue weighted by molar-refractivity contribution is 14.1. The van der Waals surface area contributed by atoms with Gasteiger partial charge in [0.1, 0.15) is 11.6 Å². The maximum atomic E-state index is 13.9. The Morgan fingerprint density at radius 1 is 1.29 bits per heavy atom. The van der Waals surface area contributed by atoms with Crippen molar-refractivity contribution in [2.75, 3.05) is 0 Å². The molecule has 0 atom stereocenters. The lowest BCUT2D eigenvalue weighted by Crippen LogP contribution is -2.00. The molecule has 0 radical (unpaired) electrons. The van der Waals surface area contributed by atoms with Crippen LogP contribution in [0.3, 0.4) is 0 Å². The first-order chi connectivity index (χ1) is 10.0. The fourth-order valence-corrected chi connectivity index (χ4v) is 3.59. The molecule has 3 aromatic rings. The summed E-state index contributed by atoms with van der Waals surface area (Å²) >= 11 is 17.7. The number of aromatic nitrogens is 2. The largest absolute Gasteiger partial charge is 0.294 e. The van der Waals surface area contributed by atoms with Gasteiger partial charge in [-0.05, 0) is 62.8 Å². The highest BCUT2D eigenvalue weighted by Gasteiger charge is 2.16. The van der Waals surface area contributed by atoms with Crippen LogP contribution in [0.5, 0.6) is 0 Å². The van der Waals surface area contributed by atoms with Gasteiger partial charge in [-0.2, -0.15) is 0 Å². The minimum absolute atomic E-state index is 0.205. The summed E-state index contributed by atoms with van der Waals surface area (Å²) in [7, 11) is 0. The summed E-state index contributed by atoms with van der Waals surface area (Å²) in [5.41, 5.74) is 2.03. The molecule has 0 aliphatic rings. The standard InChI is InChI=1S/C14H7BrCl2FIN2/c15-8-4-11-13(5-10(8)18)21(14(6-16)20-11)12-2-1-7(19)3-9(12)17/h1-5H,6H2. The zero-order valence-corrected chi connectivity index (χ0v) is 15.6. The Labute approximate surface area is 152 Å². The van der Waals surface area contributed by atoms with E-state index in [4.69, 9.17) is 23.2 Å². The molecule has 0 aliphatic carbocycles. The van der Waals surface area contributed by atoms with Crippen molar-refractivity contribution in [3.8, 4) is 5.69 Å². The molecule has 0 bridgehead atoms. The highest BCUT2D eigenvalue weighted by atomic mass is 127. The van der Waals surface area contributed by atoms with E-state index in [1.54, 1.807) is 10.6 Å². The van der Waals surface area contributed by atoms with Crippen LogP contribution in [0.2, 0.25) is 5.02 Å². The number of fused-ring (bicyclic) bond motifs is 1. The predicted molar refractivity (Wildman–Crippen MR) is 96.0 cm³/mol. The summed E-state index contributed by atoms with van der Waals surface area (Å²) in [6.45, 7) is 0. The third kappa shape index (κ3) is 2.81. The van der Waals surface area contributed by atoms with Crippen LogP contribution in [0, 0.1) is 9.39 Å². The van der Waals surface area contributed by atoms with Crippen molar-refractivity contribution in [1.82, 2.24) is 9.55 Å². The topological polar surface area (TPSA) is 17.8 Å². The number of rotatable bonds is 2. The van der Waals surface area contributed by atoms with Crippen LogP contribution in [-0.2, 0) is 5.88 Å². The molecule has 2 aromatic carbocycles. The predicted octanol–water partition coefficient (Wildman–Crippen LogP) is 5.92. The lowest BCUT2D eigenvalue weighted by atomic mass is 10.2. The van der Waals surface area contributed by atoms with Gasteiger partial charge in [0.2, 0.25) is 0 Å². The van der Waals surface area contributed by atoms with E-state index >= 15 is 0 Å². The zero-order chi connectivity index (χ0) is 15.1. The van der Waals surface area contributed by atoms with E-state index in [1.165, 1.54) is 6.07 Å². The van der Waals surface area contributed by atoms with E-state index in [-0.39, 0.29) is 11.7 Å². The number of alkyl halides is 1. The van der Waals surface area contributed by atoms with Crippen LogP contribution in [0.15, 0.2) is 34.8 Å². The van der Waals surface area contributed by atoms with E-state index in [9.17, 15) is 4.39 Å². The monoisotopic (exact) mass is 498 g/mol. The van der Waals surface area contributed by atoms with Gasteiger partial charge >= 0.3 is 0 Å². The van der Waals surface area contributed by atoms with Gasteiger partial charge < -0.3 is 0 Å². The Bertz CT molecular complexity index is 851. The Kier molecular flexibility index (Phi) is 4.45. The number of hydrogen-bond acceptors (Lipinski definition) is 1. The molecule has 0 aliphatic heterocycles. The normalized spacial score (nSPS) is 11.3. The molecular weight excluding hydrogens is 493 g/mol. The van der Waals surface area contributed by atoms with Crippen molar-refractivity contribution >= 4 is 72.8 Å². The number of nitrogens with zero attached hydrogens (tertiary/aromatic N) is 2. The minimum Gasteiger partial charge on any atom is -0.294 e. The second-order valence-corrected chi connectivity index (χ2v) is 7.12. The van der Waals surface area contributed by atoms with Crippen LogP contribution in [0.4, 0.5) is 4.39 Å². The smallest absolute Gasteiger partial charge is 0.139 e. The first-order valence-electron chi connectivity index (χ1n) is 5.89. The minimum atomic E-state index is -0.355. The molecule has 0 spiro atoms. The van der Waals surface area contributed by atoms with Crippen molar-refractivity contribution in [2.45, 2.75) is 5.88 Å². The van der Waals surface area contributed by atoms with Crippen molar-refractivity contribution in [3.63, 3.8) is 0 Å². The van der Waals surface area contributed by atoms with Gasteiger partial charge in [-0.15, -0.1) is 11.6 Å². The average Bonchev–Trinajstić information content (AvgIpc) is 2.77. The lowest BCUT2D eigenvalue weighted by Gasteiger charge is -2.10. The van der Waals surface area contributed by atoms with Crippen molar-refractivity contribution in [1.29, 1.82) is 0 Å². The summed E-state index contributed by atoms with van der Waals surface area (Å²) in [4.78, 5) is 4.45. The second kappa shape index (κ2) is 6.02. The summed E-state index contributed by atoms with van der Waals surface area (Å²) in [5, 5.41) is 0.566. The molecule has 7 heteroatoms. The Morgan fingerprint density at radius 2 is 2.05 bits per heavy atom. The zero-order valence-electron chi connectivity index (χ0n) is 10.4. The highest BCUT2D eigenvalue weighted by Crippen LogP contribution is 2.31. The molecule has 0 amide bonds. The molecular formula is C14H7BrCl2FIN2. The third-order valence-corrected chi connectivity index (χ3v) is 4.86. The Hall–Kier alpha value is -0.370. The maximum Gasteiger partial charge on any atom is 0.139 e. The molecule has 0 saturated heterocycles. The number of halogens is 5. The Morgan fingerprint density at radius 3 is 2.71 bits per heavy atom. The van der Waals surface area contributed by atoms with Crippen molar-refractivity contribution in [2.24, 2.45) is 0 Å². The molecule has 2 nitrogen and oxygen atoms in total. The first kappa shape index (κ1) is 15.5. The number of benzene rings is 2. The second-order valence-electron chi connectivity index (χ2n) is 4.35. The van der Waals surface area contributed by atoms with Crippen LogP contribution >= 0.6 is 61.7 Å². The summed E-state index contributed by atoms with van der Waals surface area (Å²) in [6, 6.07) is 8.72. The van der Waals surface area contributed by atoms with Gasteiger partial charge in [0, 0.05) is 9.64 Å². The molecule has 1 heterocycles. The molecule has 0 unspecified atom stereocenters. The first-order valence-corrected chi connectivity index (χ1v) is 8.67. The molecule has 0 fully saturated rings. The summed E-state index contributed by atoms with van der Waals surface area (Å²) in [6.07, 6.45) is 0. The molecule has 1 aromatic heterocycles. The molecule has 0 N–H and O–H groups in total. The van der Waals surface area contributed by atoms with E-state index in [0.29, 0.717) is 26.4 Å². The average molecular weight is 500 g/mol. The molecule has 108 valence electrons. The summed E-state index contributed by atoms with van der Waals surface area (Å²) < 4.78 is 17.0. The quantitative estimate of drug-likeness (QED) is 0.316. The number of imidazole rings is 1. The number of hydrogen-bond donors (Lipinski definition) is 0. The van der Waals surface area contributed by atoms with Crippen LogP contribution in [0.1, 0.15) is 5.82 Å². The lowest BCUT2D eigenvalue weighted by molar-refractivity contribution is 0.622. The molecule has 0 saturated carbocycles. The van der Waals surface area contributed by atoms with Gasteiger partial charge in [-0.25, -0.2) is 9.37 Å². The van der Waals surface area contributed by atoms with Gasteiger partial charge in [-0.1, -0.05) is 11.6 Å². The van der Waals surface area contributed by atoms with E-state index in [1.807, 2.05) is 18.2 Å². The molecule has 3 rings (SSSR count). The fourth-order valence-electron chi connectivity index (χ4n) is 2.14. The van der Waals surface area contributed by atoms with Gasteiger partial charge in [0.05, 0.1) is 32.1 Å². The van der Waals surface area contributed by atoms with Crippen LogP contribution in [0.25, 0.3) is 16.7 Å². The van der Waals surface area contributed by atoms with E-state index < -0.39 is 0 Å². The third-order valence-electron chi connectivity index (χ3n) is 3.04. The van der Waals surface area contributed by atoms with Crippen LogP contribution in [-0.4, -0.2) is 9.55 Å². The van der Waals surface area contributed by atoms with Gasteiger partial charge in [-0.3, -0.25) is 4.57 Å². The van der Waals surface area contributed by atoms with E-state index in [0.717, 1.165) is 9.26 Å². The van der Waals surface area contributed by atoms with Crippen molar-refractivity contribution in [3.05, 3.63) is 55.0 Å². The van der Waals surface area contributed by atoms with Crippen molar-refractivity contribution < 1.29 is 4.39 Å². The summed E-state index contributed by atoms with van der Waals surface area (Å²) in [5.74, 6) is 0.467. The fraction of sp³-hybridized carbons (Fsp3) is 0.0714. The molecule has 21 heavy (non-hydrogen) atoms. The van der Waals surface area contributed by atoms with Crippen LogP contribution < -0.4 is 0 Å². The SMILES string of the molecule is Fc1cc2c(cc1Br)nc(CCl)n2-c1ccc(I)cc1Cl. The van der Waals surface area contributed by atoms with Gasteiger partial charge in [0.25, 0.3) is 0 Å². The Balaban J connectivity index is 2.37. The maximum absolute atomic E-state index is 13.9. The van der Waals surface area contributed by atoms with E-state index in [2.05, 4.69) is 43.5 Å².